The van der Waals surface area contributed by atoms with Gasteiger partial charge in [-0.25, -0.2) is 9.97 Å². The molecule has 0 aliphatic carbocycles. The number of rotatable bonds is 4. The Bertz CT molecular complexity index is 712. The minimum absolute atomic E-state index is 0.773. The molecule has 0 aliphatic rings. The van der Waals surface area contributed by atoms with E-state index in [0.29, 0.717) is 0 Å². The maximum Gasteiger partial charge on any atom is 0.133 e. The lowest BCUT2D eigenvalue weighted by Gasteiger charge is -2.20. The molecule has 3 rings (SSSR count). The van der Waals surface area contributed by atoms with Gasteiger partial charge in [0, 0.05) is 28.7 Å². The highest BCUT2D eigenvalue weighted by atomic mass is 79.9. The number of fused-ring (bicyclic) bond motifs is 1. The lowest BCUT2D eigenvalue weighted by Crippen LogP contribution is -2.19. The van der Waals surface area contributed by atoms with Gasteiger partial charge >= 0.3 is 0 Å². The third-order valence-corrected chi connectivity index (χ3v) is 4.41. The quantitative estimate of drug-likeness (QED) is 0.661. The molecule has 0 fully saturated rings. The highest BCUT2D eigenvalue weighted by Crippen LogP contribution is 2.25. The van der Waals surface area contributed by atoms with Crippen LogP contribution in [0, 0.1) is 0 Å². The summed E-state index contributed by atoms with van der Waals surface area (Å²) >= 11 is 5.18. The summed E-state index contributed by atoms with van der Waals surface area (Å²) in [6, 6.07) is 10.4. The molecule has 0 bridgehead atoms. The summed E-state index contributed by atoms with van der Waals surface area (Å²) in [4.78, 5) is 11.3. The van der Waals surface area contributed by atoms with Crippen molar-refractivity contribution in [1.82, 2.24) is 9.97 Å². The Kier molecular flexibility index (Phi) is 3.98. The number of benzene rings is 1. The summed E-state index contributed by atoms with van der Waals surface area (Å²) < 4.78 is 0. The van der Waals surface area contributed by atoms with Gasteiger partial charge in [0.25, 0.3) is 0 Å². The van der Waals surface area contributed by atoms with Gasteiger partial charge in [-0.3, -0.25) is 0 Å². The van der Waals surface area contributed by atoms with E-state index in [1.807, 2.05) is 23.7 Å². The maximum atomic E-state index is 4.80. The largest absolute Gasteiger partial charge is 0.353 e. The van der Waals surface area contributed by atoms with Crippen LogP contribution in [0.3, 0.4) is 0 Å². The molecule has 0 radical (unpaired) electrons. The Morgan fingerprint density at radius 3 is 2.90 bits per heavy atom. The molecule has 2 heterocycles. The number of hydrogen-bond donors (Lipinski definition) is 0. The van der Waals surface area contributed by atoms with E-state index in [9.17, 15) is 0 Å². The average molecular weight is 348 g/mol. The van der Waals surface area contributed by atoms with Crippen molar-refractivity contribution in [3.63, 3.8) is 0 Å². The van der Waals surface area contributed by atoms with E-state index in [2.05, 4.69) is 50.4 Å². The molecule has 0 aliphatic heterocycles. The van der Waals surface area contributed by atoms with Crippen LogP contribution in [0.15, 0.2) is 41.2 Å². The van der Waals surface area contributed by atoms with Gasteiger partial charge in [-0.2, -0.15) is 0 Å². The zero-order valence-corrected chi connectivity index (χ0v) is 13.5. The second-order valence-electron chi connectivity index (χ2n) is 4.63. The predicted molar refractivity (Wildman–Crippen MR) is 88.6 cm³/mol. The van der Waals surface area contributed by atoms with Crippen LogP contribution in [0.1, 0.15) is 11.3 Å². The van der Waals surface area contributed by atoms with Crippen LogP contribution in [-0.4, -0.2) is 17.0 Å². The van der Waals surface area contributed by atoms with Crippen molar-refractivity contribution in [3.8, 4) is 0 Å². The van der Waals surface area contributed by atoms with Crippen LogP contribution >= 0.6 is 27.3 Å². The monoisotopic (exact) mass is 347 g/mol. The second kappa shape index (κ2) is 5.89. The van der Waals surface area contributed by atoms with E-state index in [1.165, 1.54) is 10.9 Å². The molecule has 102 valence electrons. The molecule has 0 atom stereocenters. The molecule has 0 saturated carbocycles. The number of pyridine rings is 1. The Morgan fingerprint density at radius 1 is 1.30 bits per heavy atom. The molecule has 3 nitrogen and oxygen atoms in total. The lowest BCUT2D eigenvalue weighted by atomic mass is 10.1. The average Bonchev–Trinajstić information content (AvgIpc) is 2.98. The Balaban J connectivity index is 2.00. The van der Waals surface area contributed by atoms with Gasteiger partial charge in [0.05, 0.1) is 23.3 Å². The first-order valence-corrected chi connectivity index (χ1v) is 8.37. The predicted octanol–water partition coefficient (Wildman–Crippen LogP) is 4.22. The molecule has 5 heteroatoms. The van der Waals surface area contributed by atoms with E-state index in [1.54, 1.807) is 11.3 Å². The summed E-state index contributed by atoms with van der Waals surface area (Å²) in [5.74, 6) is 1.01. The highest BCUT2D eigenvalue weighted by molar-refractivity contribution is 9.08. The number of para-hydroxylation sites is 1. The summed E-state index contributed by atoms with van der Waals surface area (Å²) in [5, 5.41) is 4.04. The first kappa shape index (κ1) is 13.5. The number of nitrogens with zero attached hydrogens (tertiary/aromatic N) is 3. The summed E-state index contributed by atoms with van der Waals surface area (Å²) in [7, 11) is 2.06. The number of aromatic nitrogens is 2. The van der Waals surface area contributed by atoms with Crippen LogP contribution in [0.5, 0.6) is 0 Å². The van der Waals surface area contributed by atoms with Crippen molar-refractivity contribution in [2.24, 2.45) is 0 Å². The van der Waals surface area contributed by atoms with Crippen LogP contribution in [0.25, 0.3) is 10.9 Å². The number of halogens is 1. The molecule has 3 aromatic rings. The van der Waals surface area contributed by atoms with Crippen LogP contribution in [0.4, 0.5) is 5.82 Å². The Hall–Kier alpha value is -1.46. The van der Waals surface area contributed by atoms with E-state index in [-0.39, 0.29) is 0 Å². The smallest absolute Gasteiger partial charge is 0.133 e. The first-order valence-electron chi connectivity index (χ1n) is 6.31. The third kappa shape index (κ3) is 2.69. The molecule has 0 unspecified atom stereocenters. The van der Waals surface area contributed by atoms with Crippen LogP contribution < -0.4 is 4.90 Å². The van der Waals surface area contributed by atoms with Crippen molar-refractivity contribution in [3.05, 3.63) is 52.5 Å². The number of anilines is 1. The van der Waals surface area contributed by atoms with E-state index in [4.69, 9.17) is 4.98 Å². The van der Waals surface area contributed by atoms with Gasteiger partial charge in [-0.05, 0) is 12.1 Å². The summed E-state index contributed by atoms with van der Waals surface area (Å²) in [6.45, 7) is 0.773. The molecular formula is C15H14BrN3S. The maximum absolute atomic E-state index is 4.80. The molecule has 0 saturated heterocycles. The van der Waals surface area contributed by atoms with E-state index in [0.717, 1.165) is 28.9 Å². The number of alkyl halides is 1. The topological polar surface area (TPSA) is 29.0 Å². The molecular weight excluding hydrogens is 334 g/mol. The highest BCUT2D eigenvalue weighted by Gasteiger charge is 2.11. The van der Waals surface area contributed by atoms with Gasteiger partial charge in [0.1, 0.15) is 5.82 Å². The van der Waals surface area contributed by atoms with Gasteiger partial charge in [-0.1, -0.05) is 34.1 Å². The fourth-order valence-corrected chi connectivity index (χ4v) is 3.17. The molecule has 1 aromatic carbocycles. The lowest BCUT2D eigenvalue weighted by molar-refractivity contribution is 0.872. The Labute approximate surface area is 130 Å². The SMILES string of the molecule is CN(Cc1cscn1)c1nc2ccccc2cc1CBr. The zero-order valence-electron chi connectivity index (χ0n) is 11.1. The standard InChI is InChI=1S/C15H14BrN3S/c1-19(8-13-9-20-10-17-13)15-12(7-16)6-11-4-2-3-5-14(11)18-15/h2-6,9-10H,7-8H2,1H3. The van der Waals surface area contributed by atoms with E-state index < -0.39 is 0 Å². The minimum atomic E-state index is 0.773. The molecule has 0 spiro atoms. The third-order valence-electron chi connectivity index (χ3n) is 3.17. The van der Waals surface area contributed by atoms with Crippen molar-refractivity contribution < 1.29 is 0 Å². The van der Waals surface area contributed by atoms with Gasteiger partial charge < -0.3 is 4.90 Å². The summed E-state index contributed by atoms with van der Waals surface area (Å²) in [6.07, 6.45) is 0. The summed E-state index contributed by atoms with van der Waals surface area (Å²) in [5.41, 5.74) is 5.16. The van der Waals surface area contributed by atoms with Gasteiger partial charge in [-0.15, -0.1) is 11.3 Å². The number of thiazole rings is 1. The fraction of sp³-hybridized carbons (Fsp3) is 0.200. The molecule has 20 heavy (non-hydrogen) atoms. The van der Waals surface area contributed by atoms with E-state index >= 15 is 0 Å². The molecule has 0 amide bonds. The van der Waals surface area contributed by atoms with Gasteiger partial charge in [0.2, 0.25) is 0 Å². The fourth-order valence-electron chi connectivity index (χ4n) is 2.21. The van der Waals surface area contributed by atoms with Gasteiger partial charge in [0.15, 0.2) is 0 Å². The van der Waals surface area contributed by atoms with Crippen LogP contribution in [-0.2, 0) is 11.9 Å². The van der Waals surface area contributed by atoms with Crippen molar-refractivity contribution in [2.75, 3.05) is 11.9 Å². The van der Waals surface area contributed by atoms with Crippen molar-refractivity contribution in [1.29, 1.82) is 0 Å². The van der Waals surface area contributed by atoms with Crippen molar-refractivity contribution in [2.45, 2.75) is 11.9 Å². The second-order valence-corrected chi connectivity index (χ2v) is 5.91. The molecule has 0 N–H and O–H groups in total. The number of hydrogen-bond acceptors (Lipinski definition) is 4. The minimum Gasteiger partial charge on any atom is -0.353 e. The normalized spacial score (nSPS) is 10.9. The first-order chi connectivity index (χ1) is 9.78. The zero-order chi connectivity index (χ0) is 13.9. The van der Waals surface area contributed by atoms with Crippen molar-refractivity contribution >= 4 is 44.0 Å². The van der Waals surface area contributed by atoms with Crippen LogP contribution in [0.2, 0.25) is 0 Å². The Morgan fingerprint density at radius 2 is 2.15 bits per heavy atom. The molecule has 2 aromatic heterocycles.